The van der Waals surface area contributed by atoms with Gasteiger partial charge in [0.2, 0.25) is 5.91 Å². The van der Waals surface area contributed by atoms with Gasteiger partial charge < -0.3 is 14.7 Å². The van der Waals surface area contributed by atoms with Gasteiger partial charge in [0.05, 0.1) is 13.0 Å². The second kappa shape index (κ2) is 8.59. The number of piperazine rings is 1. The molecule has 0 aromatic carbocycles. The zero-order chi connectivity index (χ0) is 16.7. The first-order valence-corrected chi connectivity index (χ1v) is 7.83. The van der Waals surface area contributed by atoms with Crippen LogP contribution in [0.2, 0.25) is 0 Å². The highest BCUT2D eigenvalue weighted by Crippen LogP contribution is 2.17. The summed E-state index contributed by atoms with van der Waals surface area (Å²) in [5.74, 6) is -1.10. The summed E-state index contributed by atoms with van der Waals surface area (Å²) in [6.45, 7) is 5.24. The Kier molecular flexibility index (Phi) is 6.49. The third-order valence-electron chi connectivity index (χ3n) is 3.88. The normalized spacial score (nSPS) is 19.1. The summed E-state index contributed by atoms with van der Waals surface area (Å²) in [5, 5.41) is 9.13. The summed E-state index contributed by atoms with van der Waals surface area (Å²) in [7, 11) is 0. The summed E-state index contributed by atoms with van der Waals surface area (Å²) >= 11 is 0. The number of hydrogen-bond donors (Lipinski definition) is 1. The van der Waals surface area contributed by atoms with Crippen LogP contribution >= 0.6 is 0 Å². The molecule has 1 atom stereocenters. The number of carbonyl (C=O) groups is 2. The molecular formula is C16H23N3O4. The minimum absolute atomic E-state index is 0.137. The van der Waals surface area contributed by atoms with Gasteiger partial charge in [0.15, 0.2) is 0 Å². The molecule has 1 aliphatic rings. The Labute approximate surface area is 135 Å². The highest BCUT2D eigenvalue weighted by molar-refractivity contribution is 5.86. The van der Waals surface area contributed by atoms with Crippen LogP contribution in [0, 0.1) is 0 Å². The van der Waals surface area contributed by atoms with Crippen molar-refractivity contribution in [3.63, 3.8) is 0 Å². The average Bonchev–Trinajstić information content (AvgIpc) is 2.54. The van der Waals surface area contributed by atoms with Gasteiger partial charge in [-0.2, -0.15) is 0 Å². The molecule has 2 heterocycles. The standard InChI is InChI=1S/C16H23N3O4/c1-2-23-9-8-18-6-7-19(12-13-4-3-5-17-11-13)14(16(18)22)10-15(20)21/h3-5,11,14H,2,6-10,12H2,1H3,(H,20,21). The Bertz CT molecular complexity index is 523. The largest absolute Gasteiger partial charge is 0.481 e. The van der Waals surface area contributed by atoms with Crippen molar-refractivity contribution in [3.8, 4) is 0 Å². The monoisotopic (exact) mass is 321 g/mol. The number of amides is 1. The first kappa shape index (κ1) is 17.4. The van der Waals surface area contributed by atoms with Gasteiger partial charge in [0.1, 0.15) is 6.04 Å². The number of rotatable bonds is 8. The van der Waals surface area contributed by atoms with E-state index in [1.54, 1.807) is 17.3 Å². The average molecular weight is 321 g/mol. The number of ether oxygens (including phenoxy) is 1. The van der Waals surface area contributed by atoms with Gasteiger partial charge in [-0.25, -0.2) is 0 Å². The van der Waals surface area contributed by atoms with Gasteiger partial charge >= 0.3 is 5.97 Å². The molecule has 23 heavy (non-hydrogen) atoms. The van der Waals surface area contributed by atoms with Crippen molar-refractivity contribution in [1.29, 1.82) is 0 Å². The molecule has 2 rings (SSSR count). The number of carboxylic acids is 1. The van der Waals surface area contributed by atoms with Crippen molar-refractivity contribution >= 4 is 11.9 Å². The molecule has 0 aliphatic carbocycles. The van der Waals surface area contributed by atoms with Crippen molar-refractivity contribution in [1.82, 2.24) is 14.8 Å². The molecule has 126 valence electrons. The number of pyridine rings is 1. The number of carboxylic acid groups (broad SMARTS) is 1. The van der Waals surface area contributed by atoms with E-state index >= 15 is 0 Å². The van der Waals surface area contributed by atoms with Crippen LogP contribution in [0.3, 0.4) is 0 Å². The second-order valence-corrected chi connectivity index (χ2v) is 5.47. The zero-order valence-corrected chi connectivity index (χ0v) is 13.4. The molecule has 1 aliphatic heterocycles. The van der Waals surface area contributed by atoms with Crippen molar-refractivity contribution in [3.05, 3.63) is 30.1 Å². The first-order valence-electron chi connectivity index (χ1n) is 7.83. The number of aromatic nitrogens is 1. The van der Waals surface area contributed by atoms with Crippen LogP contribution < -0.4 is 0 Å². The van der Waals surface area contributed by atoms with E-state index in [0.717, 1.165) is 5.56 Å². The molecule has 0 saturated carbocycles. The van der Waals surface area contributed by atoms with Crippen LogP contribution in [0.5, 0.6) is 0 Å². The van der Waals surface area contributed by atoms with Crippen LogP contribution in [0.15, 0.2) is 24.5 Å². The maximum atomic E-state index is 12.6. The lowest BCUT2D eigenvalue weighted by atomic mass is 10.1. The van der Waals surface area contributed by atoms with Crippen molar-refractivity contribution < 1.29 is 19.4 Å². The van der Waals surface area contributed by atoms with Crippen LogP contribution in [0.4, 0.5) is 0 Å². The van der Waals surface area contributed by atoms with E-state index in [1.807, 2.05) is 24.0 Å². The summed E-state index contributed by atoms with van der Waals surface area (Å²) in [5.41, 5.74) is 0.971. The second-order valence-electron chi connectivity index (χ2n) is 5.47. The van der Waals surface area contributed by atoms with Gasteiger partial charge in [0, 0.05) is 45.2 Å². The predicted octanol–water partition coefficient (Wildman–Crippen LogP) is 0.606. The molecule has 1 unspecified atom stereocenters. The van der Waals surface area contributed by atoms with Crippen molar-refractivity contribution in [2.24, 2.45) is 0 Å². The zero-order valence-electron chi connectivity index (χ0n) is 13.4. The molecule has 0 spiro atoms. The maximum absolute atomic E-state index is 12.6. The minimum Gasteiger partial charge on any atom is -0.481 e. The lowest BCUT2D eigenvalue weighted by molar-refractivity contribution is -0.150. The Balaban J connectivity index is 2.04. The lowest BCUT2D eigenvalue weighted by Crippen LogP contribution is -2.57. The molecule has 0 radical (unpaired) electrons. The molecule has 7 heteroatoms. The highest BCUT2D eigenvalue weighted by Gasteiger charge is 2.35. The van der Waals surface area contributed by atoms with Gasteiger partial charge in [-0.1, -0.05) is 6.07 Å². The number of hydrogen-bond acceptors (Lipinski definition) is 5. The van der Waals surface area contributed by atoms with Gasteiger partial charge in [0.25, 0.3) is 0 Å². The number of carbonyl (C=O) groups excluding carboxylic acids is 1. The molecular weight excluding hydrogens is 298 g/mol. The van der Waals surface area contributed by atoms with Gasteiger partial charge in [-0.15, -0.1) is 0 Å². The van der Waals surface area contributed by atoms with Crippen LogP contribution in [0.25, 0.3) is 0 Å². The van der Waals surface area contributed by atoms with Crippen LogP contribution in [-0.2, 0) is 20.9 Å². The van der Waals surface area contributed by atoms with Crippen molar-refractivity contribution in [2.75, 3.05) is 32.8 Å². The van der Waals surface area contributed by atoms with E-state index in [2.05, 4.69) is 4.98 Å². The summed E-state index contributed by atoms with van der Waals surface area (Å²) < 4.78 is 5.29. The summed E-state index contributed by atoms with van der Waals surface area (Å²) in [6, 6.07) is 3.13. The fourth-order valence-electron chi connectivity index (χ4n) is 2.72. The van der Waals surface area contributed by atoms with E-state index in [1.165, 1.54) is 0 Å². The highest BCUT2D eigenvalue weighted by atomic mass is 16.5. The van der Waals surface area contributed by atoms with Gasteiger partial charge in [-0.3, -0.25) is 19.5 Å². The minimum atomic E-state index is -0.966. The smallest absolute Gasteiger partial charge is 0.305 e. The molecule has 1 N–H and O–H groups in total. The first-order chi connectivity index (χ1) is 11.1. The van der Waals surface area contributed by atoms with Crippen LogP contribution in [-0.4, -0.2) is 70.7 Å². The molecule has 1 amide bonds. The van der Waals surface area contributed by atoms with E-state index < -0.39 is 12.0 Å². The molecule has 1 saturated heterocycles. The van der Waals surface area contributed by atoms with E-state index in [9.17, 15) is 9.59 Å². The fraction of sp³-hybridized carbons (Fsp3) is 0.562. The molecule has 7 nitrogen and oxygen atoms in total. The Morgan fingerprint density at radius 2 is 2.30 bits per heavy atom. The quantitative estimate of drug-likeness (QED) is 0.706. The number of nitrogens with zero attached hydrogens (tertiary/aromatic N) is 3. The summed E-state index contributed by atoms with van der Waals surface area (Å²) in [6.07, 6.45) is 3.24. The van der Waals surface area contributed by atoms with Crippen LogP contribution in [0.1, 0.15) is 18.9 Å². The Hall–Kier alpha value is -1.99. The SMILES string of the molecule is CCOCCN1CCN(Cc2cccnc2)C(CC(=O)O)C1=O. The molecule has 1 fully saturated rings. The van der Waals surface area contributed by atoms with E-state index in [-0.39, 0.29) is 12.3 Å². The Morgan fingerprint density at radius 3 is 2.96 bits per heavy atom. The molecule has 1 aromatic heterocycles. The fourth-order valence-corrected chi connectivity index (χ4v) is 2.72. The van der Waals surface area contributed by atoms with E-state index in [4.69, 9.17) is 9.84 Å². The molecule has 0 bridgehead atoms. The maximum Gasteiger partial charge on any atom is 0.305 e. The number of aliphatic carboxylic acids is 1. The summed E-state index contributed by atoms with van der Waals surface area (Å²) in [4.78, 5) is 31.4. The topological polar surface area (TPSA) is 83.0 Å². The predicted molar refractivity (Wildman–Crippen MR) is 83.8 cm³/mol. The van der Waals surface area contributed by atoms with E-state index in [0.29, 0.717) is 39.4 Å². The van der Waals surface area contributed by atoms with Crippen molar-refractivity contribution in [2.45, 2.75) is 25.9 Å². The van der Waals surface area contributed by atoms with Gasteiger partial charge in [-0.05, 0) is 18.6 Å². The third-order valence-corrected chi connectivity index (χ3v) is 3.88. The Morgan fingerprint density at radius 1 is 1.48 bits per heavy atom. The third kappa shape index (κ3) is 5.01. The lowest BCUT2D eigenvalue weighted by Gasteiger charge is -2.40. The molecule has 1 aromatic rings.